The minimum absolute atomic E-state index is 0.0192. The van der Waals surface area contributed by atoms with E-state index < -0.39 is 17.9 Å². The van der Waals surface area contributed by atoms with Gasteiger partial charge in [-0.3, -0.25) is 14.5 Å². The summed E-state index contributed by atoms with van der Waals surface area (Å²) in [7, 11) is 0. The van der Waals surface area contributed by atoms with Gasteiger partial charge in [0, 0.05) is 12.0 Å². The van der Waals surface area contributed by atoms with Crippen molar-refractivity contribution in [2.75, 3.05) is 19.7 Å². The molecule has 0 aliphatic carbocycles. The van der Waals surface area contributed by atoms with Crippen molar-refractivity contribution in [1.82, 2.24) is 9.91 Å². The number of esters is 1. The third-order valence-corrected chi connectivity index (χ3v) is 6.12. The summed E-state index contributed by atoms with van der Waals surface area (Å²) < 4.78 is 33.3. The molecule has 6 nitrogen and oxygen atoms in total. The molecule has 0 radical (unpaired) electrons. The average molecular weight is 456 g/mol. The molecule has 1 fully saturated rings. The second-order valence-electron chi connectivity index (χ2n) is 8.27. The summed E-state index contributed by atoms with van der Waals surface area (Å²) in [5.74, 6) is -1.44. The Morgan fingerprint density at radius 2 is 1.85 bits per heavy atom. The quantitative estimate of drug-likeness (QED) is 0.617. The predicted molar refractivity (Wildman–Crippen MR) is 119 cm³/mol. The van der Waals surface area contributed by atoms with Crippen molar-refractivity contribution in [3.05, 3.63) is 71.3 Å². The Balaban J connectivity index is 1.60. The summed E-state index contributed by atoms with van der Waals surface area (Å²) >= 11 is 0. The minimum atomic E-state index is -0.621. The van der Waals surface area contributed by atoms with Gasteiger partial charge in [0.15, 0.2) is 0 Å². The summed E-state index contributed by atoms with van der Waals surface area (Å²) in [4.78, 5) is 27.6. The molecule has 8 heteroatoms. The van der Waals surface area contributed by atoms with E-state index in [1.54, 1.807) is 37.3 Å². The molecule has 0 aromatic heterocycles. The number of halogens is 2. The van der Waals surface area contributed by atoms with Crippen LogP contribution in [0.15, 0.2) is 53.6 Å². The zero-order valence-corrected chi connectivity index (χ0v) is 18.5. The topological polar surface area (TPSA) is 62.2 Å². The summed E-state index contributed by atoms with van der Waals surface area (Å²) in [5.41, 5.74) is 1.62. The van der Waals surface area contributed by atoms with Gasteiger partial charge in [-0.1, -0.05) is 36.8 Å². The molecule has 0 N–H and O–H groups in total. The molecule has 2 atom stereocenters. The lowest BCUT2D eigenvalue weighted by Crippen LogP contribution is -2.49. The van der Waals surface area contributed by atoms with Gasteiger partial charge in [0.25, 0.3) is 5.91 Å². The maximum atomic E-state index is 14.7. The number of nitrogens with zero attached hydrogens (tertiary/aromatic N) is 3. The van der Waals surface area contributed by atoms with Crippen molar-refractivity contribution in [2.45, 2.75) is 44.7 Å². The van der Waals surface area contributed by atoms with E-state index in [1.165, 1.54) is 23.2 Å². The van der Waals surface area contributed by atoms with Crippen LogP contribution in [-0.4, -0.2) is 53.2 Å². The van der Waals surface area contributed by atoms with Crippen molar-refractivity contribution in [3.63, 3.8) is 0 Å². The lowest BCUT2D eigenvalue weighted by atomic mass is 9.98. The van der Waals surface area contributed by atoms with Crippen LogP contribution in [0.3, 0.4) is 0 Å². The van der Waals surface area contributed by atoms with Gasteiger partial charge in [0.1, 0.15) is 17.7 Å². The second-order valence-corrected chi connectivity index (χ2v) is 8.27. The fourth-order valence-electron chi connectivity index (χ4n) is 4.48. The molecule has 174 valence electrons. The first kappa shape index (κ1) is 23.0. The van der Waals surface area contributed by atoms with Gasteiger partial charge in [0.2, 0.25) is 0 Å². The summed E-state index contributed by atoms with van der Waals surface area (Å²) in [5, 5.41) is 5.84. The van der Waals surface area contributed by atoms with E-state index in [0.717, 1.165) is 12.8 Å². The predicted octanol–water partition coefficient (Wildman–Crippen LogP) is 4.06. The van der Waals surface area contributed by atoms with Gasteiger partial charge in [-0.25, -0.2) is 13.8 Å². The molecule has 2 aromatic carbocycles. The Labute approximate surface area is 191 Å². The van der Waals surface area contributed by atoms with E-state index in [1.807, 2.05) is 4.90 Å². The zero-order valence-electron chi connectivity index (χ0n) is 18.5. The molecule has 2 heterocycles. The molecular weight excluding hydrogens is 428 g/mol. The molecule has 0 spiro atoms. The van der Waals surface area contributed by atoms with E-state index in [4.69, 9.17) is 4.74 Å². The summed E-state index contributed by atoms with van der Waals surface area (Å²) in [6, 6.07) is 11.1. The third-order valence-electron chi connectivity index (χ3n) is 6.12. The number of piperidine rings is 1. The molecule has 0 saturated carbocycles. The first-order chi connectivity index (χ1) is 16.0. The maximum absolute atomic E-state index is 14.7. The number of hydrogen-bond donors (Lipinski definition) is 0. The van der Waals surface area contributed by atoms with E-state index in [9.17, 15) is 18.4 Å². The van der Waals surface area contributed by atoms with Crippen LogP contribution in [0.25, 0.3) is 0 Å². The standard InChI is InChI=1S/C25H27F2N3O3/c1-2-33-25(32)22-9-5-6-14-29(22)16-24(31)30-23(19-7-3-4-8-20(19)27)15-21(28-30)17-10-12-18(26)13-11-17/h3-4,7-8,10-13,22-23H,2,5-6,9,14-16H2,1H3. The van der Waals surface area contributed by atoms with Gasteiger partial charge < -0.3 is 4.74 Å². The van der Waals surface area contributed by atoms with Gasteiger partial charge in [0.05, 0.1) is 24.9 Å². The van der Waals surface area contributed by atoms with E-state index >= 15 is 0 Å². The van der Waals surface area contributed by atoms with E-state index in [-0.39, 0.29) is 30.8 Å². The molecule has 0 bridgehead atoms. The second kappa shape index (κ2) is 10.2. The Kier molecular flexibility index (Phi) is 7.13. The van der Waals surface area contributed by atoms with Gasteiger partial charge in [-0.15, -0.1) is 0 Å². The monoisotopic (exact) mass is 455 g/mol. The Morgan fingerprint density at radius 3 is 2.58 bits per heavy atom. The Bertz CT molecular complexity index is 1040. The molecule has 1 saturated heterocycles. The highest BCUT2D eigenvalue weighted by Gasteiger charge is 2.37. The first-order valence-corrected chi connectivity index (χ1v) is 11.3. The normalized spacial score (nSPS) is 21.1. The van der Waals surface area contributed by atoms with Crippen LogP contribution in [0, 0.1) is 11.6 Å². The van der Waals surface area contributed by atoms with Crippen LogP contribution in [-0.2, 0) is 14.3 Å². The first-order valence-electron chi connectivity index (χ1n) is 11.3. The zero-order chi connectivity index (χ0) is 23.4. The molecule has 33 heavy (non-hydrogen) atoms. The van der Waals surface area contributed by atoms with Crippen molar-refractivity contribution >= 4 is 17.6 Å². The molecular formula is C25H27F2N3O3. The highest BCUT2D eigenvalue weighted by molar-refractivity contribution is 6.03. The van der Waals surface area contributed by atoms with Crippen molar-refractivity contribution < 1.29 is 23.1 Å². The Morgan fingerprint density at radius 1 is 1.09 bits per heavy atom. The van der Waals surface area contributed by atoms with Crippen molar-refractivity contribution in [2.24, 2.45) is 5.10 Å². The fourth-order valence-corrected chi connectivity index (χ4v) is 4.48. The molecule has 2 aliphatic rings. The number of hydrogen-bond acceptors (Lipinski definition) is 5. The average Bonchev–Trinajstić information content (AvgIpc) is 3.26. The number of hydrazone groups is 1. The minimum Gasteiger partial charge on any atom is -0.465 e. The number of likely N-dealkylation sites (tertiary alicyclic amines) is 1. The number of benzene rings is 2. The van der Waals surface area contributed by atoms with Crippen LogP contribution in [0.4, 0.5) is 8.78 Å². The third kappa shape index (κ3) is 5.11. The fraction of sp³-hybridized carbons (Fsp3) is 0.400. The summed E-state index contributed by atoms with van der Waals surface area (Å²) in [6.07, 6.45) is 2.71. The van der Waals surface area contributed by atoms with Gasteiger partial charge >= 0.3 is 5.97 Å². The number of carbonyl (C=O) groups is 2. The lowest BCUT2D eigenvalue weighted by Gasteiger charge is -2.34. The van der Waals surface area contributed by atoms with E-state index in [0.29, 0.717) is 36.2 Å². The molecule has 1 amide bonds. The smallest absolute Gasteiger partial charge is 0.323 e. The van der Waals surface area contributed by atoms with Crippen molar-refractivity contribution in [3.8, 4) is 0 Å². The van der Waals surface area contributed by atoms with Crippen LogP contribution < -0.4 is 0 Å². The SMILES string of the molecule is CCOC(=O)C1CCCCN1CC(=O)N1N=C(c2ccc(F)cc2)CC1c1ccccc1F. The maximum Gasteiger partial charge on any atom is 0.323 e. The van der Waals surface area contributed by atoms with Crippen molar-refractivity contribution in [1.29, 1.82) is 0 Å². The molecule has 4 rings (SSSR count). The highest BCUT2D eigenvalue weighted by Crippen LogP contribution is 2.34. The highest BCUT2D eigenvalue weighted by atomic mass is 19.1. The van der Waals surface area contributed by atoms with Crippen LogP contribution in [0.2, 0.25) is 0 Å². The molecule has 2 aliphatic heterocycles. The van der Waals surface area contributed by atoms with Gasteiger partial charge in [-0.05, 0) is 50.1 Å². The number of rotatable bonds is 6. The van der Waals surface area contributed by atoms with E-state index in [2.05, 4.69) is 5.10 Å². The number of ether oxygens (including phenoxy) is 1. The number of carbonyl (C=O) groups excluding carboxylic acids is 2. The van der Waals surface area contributed by atoms with Crippen LogP contribution >= 0.6 is 0 Å². The van der Waals surface area contributed by atoms with Gasteiger partial charge in [-0.2, -0.15) is 5.10 Å². The number of amides is 1. The van der Waals surface area contributed by atoms with Crippen LogP contribution in [0.1, 0.15) is 49.8 Å². The summed E-state index contributed by atoms with van der Waals surface area (Å²) in [6.45, 7) is 2.62. The van der Waals surface area contributed by atoms with Crippen LogP contribution in [0.5, 0.6) is 0 Å². The molecule has 2 aromatic rings. The molecule has 2 unspecified atom stereocenters. The largest absolute Gasteiger partial charge is 0.465 e. The Hall–Kier alpha value is -3.13. The lowest BCUT2D eigenvalue weighted by molar-refractivity contribution is -0.152.